The highest BCUT2D eigenvalue weighted by atomic mass is 19.1. The normalized spacial score (nSPS) is 10.0. The molecular formula is C28H44F2N2O5. The smallest absolute Gasteiger partial charge is 0.407 e. The van der Waals surface area contributed by atoms with Gasteiger partial charge in [0.25, 0.3) is 0 Å². The van der Waals surface area contributed by atoms with Crippen LogP contribution in [0.15, 0.2) is 36.4 Å². The van der Waals surface area contributed by atoms with E-state index in [-0.39, 0.29) is 11.6 Å². The predicted molar refractivity (Wildman–Crippen MR) is 145 cm³/mol. The van der Waals surface area contributed by atoms with E-state index in [1.165, 1.54) is 24.3 Å². The number of ether oxygens (including phenoxy) is 4. The van der Waals surface area contributed by atoms with Crippen molar-refractivity contribution in [1.82, 2.24) is 5.32 Å². The van der Waals surface area contributed by atoms with Crippen LogP contribution in [0.1, 0.15) is 51.7 Å². The van der Waals surface area contributed by atoms with Crippen molar-refractivity contribution in [2.24, 2.45) is 0 Å². The molecule has 9 heteroatoms. The Morgan fingerprint density at radius 2 is 1.62 bits per heavy atom. The minimum Gasteiger partial charge on any atom is -0.491 e. The van der Waals surface area contributed by atoms with Crippen LogP contribution >= 0.6 is 0 Å². The zero-order valence-corrected chi connectivity index (χ0v) is 23.3. The van der Waals surface area contributed by atoms with Crippen molar-refractivity contribution in [2.75, 3.05) is 58.6 Å². The molecule has 0 unspecified atom stereocenters. The van der Waals surface area contributed by atoms with Gasteiger partial charge in [-0.05, 0) is 49.1 Å². The third-order valence-electron chi connectivity index (χ3n) is 4.69. The van der Waals surface area contributed by atoms with Gasteiger partial charge >= 0.3 is 6.09 Å². The minimum absolute atomic E-state index is 0.209. The predicted octanol–water partition coefficient (Wildman–Crippen LogP) is 6.31. The highest BCUT2D eigenvalue weighted by molar-refractivity contribution is 5.66. The van der Waals surface area contributed by atoms with Crippen LogP contribution in [-0.2, 0) is 14.2 Å². The van der Waals surface area contributed by atoms with E-state index in [1.54, 1.807) is 20.1 Å². The number of methoxy groups -OCH3 is 1. The lowest BCUT2D eigenvalue weighted by molar-refractivity contribution is 0.0978. The number of aryl methyl sites for hydroxylation is 1. The molecule has 2 N–H and O–H groups in total. The first-order valence-electron chi connectivity index (χ1n) is 12.7. The largest absolute Gasteiger partial charge is 0.491 e. The van der Waals surface area contributed by atoms with Gasteiger partial charge in [0.15, 0.2) is 0 Å². The van der Waals surface area contributed by atoms with Crippen LogP contribution in [0, 0.1) is 18.6 Å². The summed E-state index contributed by atoms with van der Waals surface area (Å²) in [4.78, 5) is 10.9. The fourth-order valence-corrected chi connectivity index (χ4v) is 2.92. The van der Waals surface area contributed by atoms with Gasteiger partial charge in [-0.25, -0.2) is 13.6 Å². The van der Waals surface area contributed by atoms with E-state index >= 15 is 0 Å². The number of carbonyl (C=O) groups excluding carboxylic acids is 1. The summed E-state index contributed by atoms with van der Waals surface area (Å²) < 4.78 is 46.3. The zero-order valence-electron chi connectivity index (χ0n) is 23.3. The number of rotatable bonds is 13. The van der Waals surface area contributed by atoms with Crippen LogP contribution in [0.2, 0.25) is 0 Å². The summed E-state index contributed by atoms with van der Waals surface area (Å²) in [6.07, 6.45) is -0.456. The summed E-state index contributed by atoms with van der Waals surface area (Å²) in [5, 5.41) is 5.70. The maximum atomic E-state index is 13.0. The van der Waals surface area contributed by atoms with Gasteiger partial charge in [-0.2, -0.15) is 0 Å². The molecule has 0 aromatic heterocycles. The summed E-state index contributed by atoms with van der Waals surface area (Å²) in [7, 11) is 1.65. The molecule has 0 fully saturated rings. The number of hydrogen-bond acceptors (Lipinski definition) is 6. The van der Waals surface area contributed by atoms with Gasteiger partial charge in [-0.3, -0.25) is 0 Å². The highest BCUT2D eigenvalue weighted by Gasteiger charge is 2.07. The summed E-state index contributed by atoms with van der Waals surface area (Å²) in [6.45, 7) is 14.8. The zero-order chi connectivity index (χ0) is 28.1. The molecule has 2 rings (SSSR count). The number of amides is 1. The fourth-order valence-electron chi connectivity index (χ4n) is 2.92. The van der Waals surface area contributed by atoms with Crippen LogP contribution in [0.25, 0.3) is 0 Å². The van der Waals surface area contributed by atoms with Crippen LogP contribution in [0.5, 0.6) is 5.75 Å². The van der Waals surface area contributed by atoms with E-state index in [9.17, 15) is 13.6 Å². The Balaban J connectivity index is 0.000000679. The molecule has 0 bridgehead atoms. The topological polar surface area (TPSA) is 78.1 Å². The Labute approximate surface area is 220 Å². The number of benzene rings is 2. The van der Waals surface area contributed by atoms with Crippen molar-refractivity contribution in [1.29, 1.82) is 0 Å². The van der Waals surface area contributed by atoms with E-state index in [2.05, 4.69) is 29.2 Å². The number of hydrogen-bond donors (Lipinski definition) is 2. The van der Waals surface area contributed by atoms with Crippen LogP contribution in [-0.4, -0.2) is 59.3 Å². The summed E-state index contributed by atoms with van der Waals surface area (Å²) in [5.74, 6) is 0.360. The van der Waals surface area contributed by atoms with Gasteiger partial charge in [0.1, 0.15) is 24.0 Å². The molecule has 0 saturated heterocycles. The van der Waals surface area contributed by atoms with Gasteiger partial charge in [0.05, 0.1) is 26.4 Å². The Morgan fingerprint density at radius 3 is 2.27 bits per heavy atom. The van der Waals surface area contributed by atoms with Crippen LogP contribution in [0.4, 0.5) is 19.3 Å². The molecule has 0 aliphatic rings. The number of halogens is 2. The van der Waals surface area contributed by atoms with E-state index in [4.69, 9.17) is 14.2 Å². The van der Waals surface area contributed by atoms with E-state index in [0.29, 0.717) is 57.8 Å². The van der Waals surface area contributed by atoms with E-state index in [0.717, 1.165) is 16.8 Å². The Kier molecular flexibility index (Phi) is 19.5. The minimum atomic E-state index is -0.456. The molecule has 0 heterocycles. The molecule has 0 radical (unpaired) electrons. The van der Waals surface area contributed by atoms with Crippen LogP contribution in [0.3, 0.4) is 0 Å². The second-order valence-electron chi connectivity index (χ2n) is 7.82. The maximum Gasteiger partial charge on any atom is 0.407 e. The Bertz CT molecular complexity index is 882. The van der Waals surface area contributed by atoms with Crippen molar-refractivity contribution in [3.05, 3.63) is 59.2 Å². The average molecular weight is 527 g/mol. The van der Waals surface area contributed by atoms with Gasteiger partial charge in [-0.15, -0.1) is 0 Å². The van der Waals surface area contributed by atoms with Crippen LogP contribution < -0.4 is 15.4 Å². The van der Waals surface area contributed by atoms with Crippen molar-refractivity contribution in [3.63, 3.8) is 0 Å². The molecule has 0 aliphatic heterocycles. The molecule has 0 aliphatic carbocycles. The molecular weight excluding hydrogens is 482 g/mol. The van der Waals surface area contributed by atoms with Gasteiger partial charge in [0, 0.05) is 32.0 Å². The lowest BCUT2D eigenvalue weighted by atomic mass is 10.0. The molecule has 2 aromatic rings. The number of anilines is 1. The summed E-state index contributed by atoms with van der Waals surface area (Å²) in [5.41, 5.74) is 2.87. The number of carbonyl (C=O) groups is 1. The monoisotopic (exact) mass is 526 g/mol. The van der Waals surface area contributed by atoms with Crippen molar-refractivity contribution >= 4 is 11.8 Å². The molecule has 0 saturated carbocycles. The molecule has 2 aromatic carbocycles. The first-order chi connectivity index (χ1) is 17.8. The molecule has 37 heavy (non-hydrogen) atoms. The van der Waals surface area contributed by atoms with E-state index in [1.807, 2.05) is 26.8 Å². The second kappa shape index (κ2) is 21.2. The van der Waals surface area contributed by atoms with Crippen molar-refractivity contribution in [2.45, 2.75) is 47.5 Å². The summed E-state index contributed by atoms with van der Waals surface area (Å²) >= 11 is 0. The number of nitrogens with one attached hydrogen (secondary N) is 2. The molecule has 7 nitrogen and oxygen atoms in total. The quantitative estimate of drug-likeness (QED) is 0.298. The highest BCUT2D eigenvalue weighted by Crippen LogP contribution is 2.24. The molecule has 0 spiro atoms. The van der Waals surface area contributed by atoms with Crippen molar-refractivity contribution < 1.29 is 32.5 Å². The Morgan fingerprint density at radius 1 is 0.946 bits per heavy atom. The van der Waals surface area contributed by atoms with Gasteiger partial charge in [0.2, 0.25) is 0 Å². The first-order valence-corrected chi connectivity index (χ1v) is 12.7. The summed E-state index contributed by atoms with van der Waals surface area (Å²) in [6, 6.07) is 9.25. The first kappa shape index (κ1) is 34.1. The third kappa shape index (κ3) is 15.7. The second-order valence-corrected chi connectivity index (χ2v) is 7.82. The molecule has 210 valence electrons. The van der Waals surface area contributed by atoms with Gasteiger partial charge in [-0.1, -0.05) is 39.8 Å². The molecule has 0 atom stereocenters. The van der Waals surface area contributed by atoms with Crippen molar-refractivity contribution in [3.8, 4) is 5.75 Å². The average Bonchev–Trinajstić information content (AvgIpc) is 2.87. The van der Waals surface area contributed by atoms with Gasteiger partial charge < -0.3 is 29.6 Å². The lowest BCUT2D eigenvalue weighted by Gasteiger charge is -2.14. The lowest BCUT2D eigenvalue weighted by Crippen LogP contribution is -2.28. The third-order valence-corrected chi connectivity index (χ3v) is 4.69. The number of alkyl carbamates (subject to hydrolysis) is 1. The SMILES string of the molecule is CC.CCOC(=O)NCCOCCOc1cc(F)ccc1C.COCCNc1cc(F)ccc1C(C)C. The maximum absolute atomic E-state index is 13.0. The van der Waals surface area contributed by atoms with E-state index < -0.39 is 6.09 Å². The fraction of sp³-hybridized carbons (Fsp3) is 0.536. The standard InChI is InChI=1S/C14H20FNO4.C12H18FNO.C2H6/c1-3-19-14(17)16-6-7-18-8-9-20-13-10-12(15)5-4-11(13)2;1-9(2)11-5-4-10(13)8-12(11)14-6-7-15-3;1-2/h4-5,10H,3,6-9H2,1-2H3,(H,16,17);4-5,8-9,14H,6-7H2,1-3H3;1-2H3. The Hall–Kier alpha value is -2.91. The molecule has 1 amide bonds.